The number of nitrogens with one attached hydrogen (secondary N) is 2. The summed E-state index contributed by atoms with van der Waals surface area (Å²) in [4.78, 5) is 13.6. The van der Waals surface area contributed by atoms with E-state index in [0.29, 0.717) is 25.2 Å². The summed E-state index contributed by atoms with van der Waals surface area (Å²) in [5.41, 5.74) is 0.217. The lowest BCUT2D eigenvalue weighted by Gasteiger charge is -2.23. The van der Waals surface area contributed by atoms with Gasteiger partial charge in [-0.25, -0.2) is 0 Å². The molecule has 0 bridgehead atoms. The molecule has 1 aliphatic rings. The summed E-state index contributed by atoms with van der Waals surface area (Å²) in [5, 5.41) is 9.34. The van der Waals surface area contributed by atoms with E-state index in [1.807, 2.05) is 0 Å². The highest BCUT2D eigenvalue weighted by molar-refractivity contribution is 5.78. The Morgan fingerprint density at radius 2 is 2.12 bits per heavy atom. The Morgan fingerprint density at radius 1 is 1.33 bits per heavy atom. The van der Waals surface area contributed by atoms with Gasteiger partial charge in [-0.2, -0.15) is 18.3 Å². The van der Waals surface area contributed by atoms with E-state index in [2.05, 4.69) is 15.5 Å². The standard InChI is InChI=1S/C16H17F3N4O/c17-16(18,19)13-3-1-2-4-14(13)23-8-6-12(10-23)21-15(24)9-11-5-7-20-22-11/h1-5,7,12H,6,8-10H2,(H,20,22)(H,21,24). The second kappa shape index (κ2) is 6.54. The van der Waals surface area contributed by atoms with E-state index in [1.165, 1.54) is 12.1 Å². The van der Waals surface area contributed by atoms with Crippen LogP contribution in [0.3, 0.4) is 0 Å². The molecule has 0 spiro atoms. The molecule has 2 N–H and O–H groups in total. The maximum absolute atomic E-state index is 13.1. The number of anilines is 1. The van der Waals surface area contributed by atoms with E-state index in [1.54, 1.807) is 23.2 Å². The van der Waals surface area contributed by atoms with Crippen LogP contribution in [0.4, 0.5) is 18.9 Å². The number of rotatable bonds is 4. The van der Waals surface area contributed by atoms with Gasteiger partial charge in [0.15, 0.2) is 0 Å². The summed E-state index contributed by atoms with van der Waals surface area (Å²) in [6, 6.07) is 7.07. The van der Waals surface area contributed by atoms with E-state index < -0.39 is 11.7 Å². The van der Waals surface area contributed by atoms with Crippen LogP contribution in [0.15, 0.2) is 36.5 Å². The van der Waals surface area contributed by atoms with Crippen molar-refractivity contribution in [1.82, 2.24) is 15.5 Å². The first kappa shape index (κ1) is 16.4. The number of alkyl halides is 3. The predicted molar refractivity (Wildman–Crippen MR) is 82.5 cm³/mol. The van der Waals surface area contributed by atoms with Crippen molar-refractivity contribution < 1.29 is 18.0 Å². The van der Waals surface area contributed by atoms with Gasteiger partial charge >= 0.3 is 6.18 Å². The van der Waals surface area contributed by atoms with Crippen LogP contribution >= 0.6 is 0 Å². The summed E-state index contributed by atoms with van der Waals surface area (Å²) in [6.07, 6.45) is -2.04. The van der Waals surface area contributed by atoms with Crippen molar-refractivity contribution in [3.63, 3.8) is 0 Å². The van der Waals surface area contributed by atoms with Crippen molar-refractivity contribution in [2.45, 2.75) is 25.1 Å². The van der Waals surface area contributed by atoms with Crippen molar-refractivity contribution in [2.75, 3.05) is 18.0 Å². The molecule has 1 amide bonds. The van der Waals surface area contributed by atoms with Crippen LogP contribution in [-0.2, 0) is 17.4 Å². The summed E-state index contributed by atoms with van der Waals surface area (Å²) in [7, 11) is 0. The molecule has 8 heteroatoms. The minimum Gasteiger partial charge on any atom is -0.369 e. The van der Waals surface area contributed by atoms with E-state index in [0.717, 1.165) is 6.07 Å². The number of benzene rings is 1. The van der Waals surface area contributed by atoms with Crippen molar-refractivity contribution >= 4 is 11.6 Å². The molecule has 1 saturated heterocycles. The maximum Gasteiger partial charge on any atom is 0.418 e. The SMILES string of the molecule is O=C(Cc1ccn[nH]1)NC1CCN(c2ccccc2C(F)(F)F)C1. The largest absolute Gasteiger partial charge is 0.418 e. The van der Waals surface area contributed by atoms with Crippen LogP contribution in [0, 0.1) is 0 Å². The number of nitrogens with zero attached hydrogens (tertiary/aromatic N) is 2. The van der Waals surface area contributed by atoms with Gasteiger partial charge in [0.1, 0.15) is 0 Å². The van der Waals surface area contributed by atoms with Crippen molar-refractivity contribution in [3.05, 3.63) is 47.8 Å². The number of aromatic nitrogens is 2. The highest BCUT2D eigenvalue weighted by atomic mass is 19.4. The number of carbonyl (C=O) groups is 1. The summed E-state index contributed by atoms with van der Waals surface area (Å²) < 4.78 is 39.3. The smallest absolute Gasteiger partial charge is 0.369 e. The zero-order valence-corrected chi connectivity index (χ0v) is 12.8. The molecule has 2 aromatic rings. The van der Waals surface area contributed by atoms with Crippen LogP contribution in [-0.4, -0.2) is 35.2 Å². The van der Waals surface area contributed by atoms with Gasteiger partial charge in [0, 0.05) is 36.7 Å². The number of aromatic amines is 1. The molecule has 1 unspecified atom stereocenters. The Kier molecular flexibility index (Phi) is 4.46. The quantitative estimate of drug-likeness (QED) is 0.900. The van der Waals surface area contributed by atoms with Gasteiger partial charge in [-0.1, -0.05) is 12.1 Å². The number of amides is 1. The topological polar surface area (TPSA) is 61.0 Å². The van der Waals surface area contributed by atoms with Crippen LogP contribution < -0.4 is 10.2 Å². The fourth-order valence-corrected chi connectivity index (χ4v) is 2.92. The zero-order chi connectivity index (χ0) is 17.2. The molecule has 1 aromatic carbocycles. The molecule has 3 rings (SSSR count). The molecule has 1 atom stereocenters. The number of para-hydroxylation sites is 1. The van der Waals surface area contributed by atoms with Crippen LogP contribution in [0.25, 0.3) is 0 Å². The average Bonchev–Trinajstić information content (AvgIpc) is 3.18. The van der Waals surface area contributed by atoms with E-state index in [4.69, 9.17) is 0 Å². The lowest BCUT2D eigenvalue weighted by molar-refractivity contribution is -0.137. The molecule has 2 heterocycles. The molecule has 1 fully saturated rings. The van der Waals surface area contributed by atoms with Crippen molar-refractivity contribution in [1.29, 1.82) is 0 Å². The third kappa shape index (κ3) is 3.69. The third-order valence-corrected chi connectivity index (χ3v) is 4.01. The molecule has 24 heavy (non-hydrogen) atoms. The Labute approximate surface area is 136 Å². The third-order valence-electron chi connectivity index (χ3n) is 4.01. The molecule has 0 aliphatic carbocycles. The predicted octanol–water partition coefficient (Wildman–Crippen LogP) is 2.37. The Balaban J connectivity index is 1.63. The number of halogens is 3. The van der Waals surface area contributed by atoms with Crippen LogP contribution in [0.2, 0.25) is 0 Å². The lowest BCUT2D eigenvalue weighted by atomic mass is 10.1. The monoisotopic (exact) mass is 338 g/mol. The van der Waals surface area contributed by atoms with Gasteiger partial charge in [-0.15, -0.1) is 0 Å². The molecule has 0 saturated carbocycles. The van der Waals surface area contributed by atoms with Gasteiger partial charge in [0.05, 0.1) is 12.0 Å². The van der Waals surface area contributed by atoms with Gasteiger partial charge in [0.25, 0.3) is 0 Å². The first-order valence-corrected chi connectivity index (χ1v) is 7.62. The lowest BCUT2D eigenvalue weighted by Crippen LogP contribution is -2.38. The number of hydrogen-bond acceptors (Lipinski definition) is 3. The van der Waals surface area contributed by atoms with E-state index in [-0.39, 0.29) is 24.1 Å². The normalized spacial score (nSPS) is 18.0. The van der Waals surface area contributed by atoms with E-state index in [9.17, 15) is 18.0 Å². The average molecular weight is 338 g/mol. The summed E-state index contributed by atoms with van der Waals surface area (Å²) in [5.74, 6) is -0.171. The highest BCUT2D eigenvalue weighted by Gasteiger charge is 2.36. The van der Waals surface area contributed by atoms with Gasteiger partial charge in [-0.05, 0) is 24.6 Å². The number of carbonyl (C=O) groups excluding carboxylic acids is 1. The minimum atomic E-state index is -4.39. The van der Waals surface area contributed by atoms with Crippen molar-refractivity contribution in [3.8, 4) is 0 Å². The molecule has 5 nitrogen and oxygen atoms in total. The molecule has 1 aliphatic heterocycles. The zero-order valence-electron chi connectivity index (χ0n) is 12.8. The second-order valence-corrected chi connectivity index (χ2v) is 5.77. The number of hydrogen-bond donors (Lipinski definition) is 2. The minimum absolute atomic E-state index is 0.162. The van der Waals surface area contributed by atoms with Gasteiger partial charge in [0.2, 0.25) is 5.91 Å². The maximum atomic E-state index is 13.1. The highest BCUT2D eigenvalue weighted by Crippen LogP contribution is 2.37. The molecule has 128 valence electrons. The van der Waals surface area contributed by atoms with Gasteiger partial charge in [-0.3, -0.25) is 9.89 Å². The van der Waals surface area contributed by atoms with Gasteiger partial charge < -0.3 is 10.2 Å². The Bertz CT molecular complexity index is 700. The summed E-state index contributed by atoms with van der Waals surface area (Å²) >= 11 is 0. The first-order chi connectivity index (χ1) is 11.4. The molecule has 0 radical (unpaired) electrons. The first-order valence-electron chi connectivity index (χ1n) is 7.62. The van der Waals surface area contributed by atoms with Crippen LogP contribution in [0.1, 0.15) is 17.7 Å². The fourth-order valence-electron chi connectivity index (χ4n) is 2.92. The Morgan fingerprint density at radius 3 is 2.83 bits per heavy atom. The fraction of sp³-hybridized carbons (Fsp3) is 0.375. The van der Waals surface area contributed by atoms with Crippen LogP contribution in [0.5, 0.6) is 0 Å². The molecule has 1 aromatic heterocycles. The molecular formula is C16H17F3N4O. The second-order valence-electron chi connectivity index (χ2n) is 5.77. The number of H-pyrrole nitrogens is 1. The summed E-state index contributed by atoms with van der Waals surface area (Å²) in [6.45, 7) is 0.837. The molecular weight excluding hydrogens is 321 g/mol. The Hall–Kier alpha value is -2.51. The van der Waals surface area contributed by atoms with Crippen molar-refractivity contribution in [2.24, 2.45) is 0 Å². The van der Waals surface area contributed by atoms with E-state index >= 15 is 0 Å².